The second-order valence-corrected chi connectivity index (χ2v) is 10.3. The van der Waals surface area contributed by atoms with Gasteiger partial charge in [-0.05, 0) is 72.6 Å². The number of ether oxygens (including phenoxy) is 2. The molecular formula is C26H31N3O6S. The summed E-state index contributed by atoms with van der Waals surface area (Å²) in [6.07, 6.45) is 0. The van der Waals surface area contributed by atoms with Crippen molar-refractivity contribution in [1.82, 2.24) is 9.03 Å². The Hall–Kier alpha value is -3.34. The molecule has 0 amide bonds. The quantitative estimate of drug-likeness (QED) is 0.428. The molecule has 9 nitrogen and oxygen atoms in total. The molecule has 1 aliphatic heterocycles. The molecule has 192 valence electrons. The number of hydrogen-bond donors (Lipinski definition) is 2. The van der Waals surface area contributed by atoms with E-state index in [2.05, 4.69) is 21.8 Å². The lowest BCUT2D eigenvalue weighted by Gasteiger charge is -2.35. The van der Waals surface area contributed by atoms with Gasteiger partial charge in [0.05, 0.1) is 6.61 Å². The zero-order chi connectivity index (χ0) is 25.7. The highest BCUT2D eigenvalue weighted by Gasteiger charge is 2.29. The van der Waals surface area contributed by atoms with Gasteiger partial charge < -0.3 is 19.5 Å². The van der Waals surface area contributed by atoms with E-state index in [1.54, 1.807) is 0 Å². The minimum Gasteiger partial charge on any atom is -0.494 e. The van der Waals surface area contributed by atoms with Gasteiger partial charge in [-0.2, -0.15) is 17.4 Å². The lowest BCUT2D eigenvalue weighted by atomic mass is 10.1. The van der Waals surface area contributed by atoms with Crippen LogP contribution in [0.1, 0.15) is 19.4 Å². The van der Waals surface area contributed by atoms with Gasteiger partial charge in [0.15, 0.2) is 0 Å². The van der Waals surface area contributed by atoms with E-state index in [-0.39, 0.29) is 13.1 Å². The van der Waals surface area contributed by atoms with Crippen LogP contribution in [0, 0.1) is 0 Å². The fourth-order valence-corrected chi connectivity index (χ4v) is 5.42. The van der Waals surface area contributed by atoms with Crippen molar-refractivity contribution in [3.05, 3.63) is 66.2 Å². The first-order valence-electron chi connectivity index (χ1n) is 11.9. The molecule has 0 spiro atoms. The normalized spacial score (nSPS) is 15.6. The predicted octanol–water partition coefficient (Wildman–Crippen LogP) is 3.25. The standard InChI is InChI=1S/C26H31N3O6S/c1-3-34-25-9-6-21-16-20(4-5-22(21)17-25)18-35-24-10-7-23(8-11-24)28-12-14-29(15-13-28)36(32,33)27-19(2)26(30)31/h4-11,16-17,19,27H,3,12-15,18H2,1-2H3,(H,30,31). The van der Waals surface area contributed by atoms with Crippen LogP contribution in [0.25, 0.3) is 10.8 Å². The summed E-state index contributed by atoms with van der Waals surface area (Å²) >= 11 is 0. The van der Waals surface area contributed by atoms with E-state index in [0.29, 0.717) is 26.3 Å². The van der Waals surface area contributed by atoms with Crippen LogP contribution in [0.2, 0.25) is 0 Å². The van der Waals surface area contributed by atoms with E-state index in [0.717, 1.165) is 33.5 Å². The van der Waals surface area contributed by atoms with Crippen LogP contribution >= 0.6 is 0 Å². The summed E-state index contributed by atoms with van der Waals surface area (Å²) in [7, 11) is -3.84. The zero-order valence-corrected chi connectivity index (χ0v) is 21.2. The maximum absolute atomic E-state index is 12.4. The van der Waals surface area contributed by atoms with Gasteiger partial charge in [-0.3, -0.25) is 4.79 Å². The summed E-state index contributed by atoms with van der Waals surface area (Å²) in [4.78, 5) is 13.1. The molecule has 1 atom stereocenters. The Kier molecular flexibility index (Phi) is 7.97. The van der Waals surface area contributed by atoms with E-state index in [9.17, 15) is 13.2 Å². The number of rotatable bonds is 10. The second kappa shape index (κ2) is 11.2. The molecule has 0 aliphatic carbocycles. The van der Waals surface area contributed by atoms with Gasteiger partial charge in [0.25, 0.3) is 10.2 Å². The Balaban J connectivity index is 1.30. The topological polar surface area (TPSA) is 108 Å². The number of carboxylic acid groups (broad SMARTS) is 1. The highest BCUT2D eigenvalue weighted by atomic mass is 32.2. The van der Waals surface area contributed by atoms with Crippen molar-refractivity contribution in [2.24, 2.45) is 0 Å². The largest absolute Gasteiger partial charge is 0.494 e. The number of hydrogen-bond acceptors (Lipinski definition) is 6. The molecule has 1 heterocycles. The second-order valence-electron chi connectivity index (χ2n) is 8.63. The number of piperazine rings is 1. The first kappa shape index (κ1) is 25.7. The summed E-state index contributed by atoms with van der Waals surface area (Å²) in [5.74, 6) is 0.399. The SMILES string of the molecule is CCOc1ccc2cc(COc3ccc(N4CCN(S(=O)(=O)NC(C)C(=O)O)CC4)cc3)ccc2c1. The first-order valence-corrected chi connectivity index (χ1v) is 13.3. The molecule has 10 heteroatoms. The summed E-state index contributed by atoms with van der Waals surface area (Å²) in [5, 5.41) is 11.2. The number of benzene rings is 3. The van der Waals surface area contributed by atoms with Gasteiger partial charge in [-0.15, -0.1) is 0 Å². The summed E-state index contributed by atoms with van der Waals surface area (Å²) in [6, 6.07) is 18.8. The maximum Gasteiger partial charge on any atom is 0.321 e. The van der Waals surface area contributed by atoms with Gasteiger partial charge in [0.1, 0.15) is 24.1 Å². The summed E-state index contributed by atoms with van der Waals surface area (Å²) < 4.78 is 39.8. The van der Waals surface area contributed by atoms with Crippen molar-refractivity contribution in [2.45, 2.75) is 26.5 Å². The molecule has 3 aromatic carbocycles. The Bertz CT molecular complexity index is 1310. The zero-order valence-electron chi connectivity index (χ0n) is 20.4. The average Bonchev–Trinajstić information content (AvgIpc) is 2.87. The number of nitrogens with one attached hydrogen (secondary N) is 1. The number of carboxylic acids is 1. The number of carbonyl (C=O) groups is 1. The molecule has 0 aromatic heterocycles. The van der Waals surface area contributed by atoms with E-state index >= 15 is 0 Å². The Morgan fingerprint density at radius 3 is 2.25 bits per heavy atom. The van der Waals surface area contributed by atoms with E-state index in [1.807, 2.05) is 55.5 Å². The highest BCUT2D eigenvalue weighted by Crippen LogP contribution is 2.25. The van der Waals surface area contributed by atoms with Crippen molar-refractivity contribution >= 4 is 32.6 Å². The third-order valence-corrected chi connectivity index (χ3v) is 7.77. The lowest BCUT2D eigenvalue weighted by Crippen LogP contribution is -2.54. The van der Waals surface area contributed by atoms with Gasteiger partial charge in [-0.1, -0.05) is 18.2 Å². The molecule has 0 saturated carbocycles. The summed E-state index contributed by atoms with van der Waals surface area (Å²) in [5.41, 5.74) is 2.04. The molecule has 1 fully saturated rings. The van der Waals surface area contributed by atoms with E-state index < -0.39 is 22.2 Å². The number of aliphatic carboxylic acids is 1. The Labute approximate surface area is 211 Å². The van der Waals surface area contributed by atoms with Gasteiger partial charge in [-0.25, -0.2) is 0 Å². The van der Waals surface area contributed by atoms with Crippen LogP contribution in [0.5, 0.6) is 11.5 Å². The number of fused-ring (bicyclic) bond motifs is 1. The molecule has 1 unspecified atom stereocenters. The summed E-state index contributed by atoms with van der Waals surface area (Å²) in [6.45, 7) is 5.91. The van der Waals surface area contributed by atoms with Gasteiger partial charge >= 0.3 is 5.97 Å². The van der Waals surface area contributed by atoms with Crippen LogP contribution < -0.4 is 19.1 Å². The smallest absolute Gasteiger partial charge is 0.321 e. The third kappa shape index (κ3) is 6.26. The van der Waals surface area contributed by atoms with Crippen molar-refractivity contribution in [3.8, 4) is 11.5 Å². The number of nitrogens with zero attached hydrogens (tertiary/aromatic N) is 2. The minimum atomic E-state index is -3.84. The molecule has 2 N–H and O–H groups in total. The molecule has 0 bridgehead atoms. The fourth-order valence-electron chi connectivity index (χ4n) is 4.07. The van der Waals surface area contributed by atoms with Crippen LogP contribution in [-0.2, 0) is 21.6 Å². The molecular weight excluding hydrogens is 482 g/mol. The van der Waals surface area contributed by atoms with Crippen LogP contribution in [0.4, 0.5) is 5.69 Å². The number of anilines is 1. The molecule has 1 aliphatic rings. The first-order chi connectivity index (χ1) is 17.2. The van der Waals surface area contributed by atoms with Crippen molar-refractivity contribution < 1.29 is 27.8 Å². The average molecular weight is 514 g/mol. The molecule has 1 saturated heterocycles. The molecule has 4 rings (SSSR count). The fraction of sp³-hybridized carbons (Fsp3) is 0.346. The minimum absolute atomic E-state index is 0.272. The van der Waals surface area contributed by atoms with E-state index in [1.165, 1.54) is 11.2 Å². The maximum atomic E-state index is 12.4. The predicted molar refractivity (Wildman–Crippen MR) is 139 cm³/mol. The van der Waals surface area contributed by atoms with Crippen LogP contribution in [-0.4, -0.2) is 62.6 Å². The molecule has 3 aromatic rings. The van der Waals surface area contributed by atoms with Crippen molar-refractivity contribution in [2.75, 3.05) is 37.7 Å². The third-order valence-electron chi connectivity index (χ3n) is 6.07. The van der Waals surface area contributed by atoms with Crippen LogP contribution in [0.3, 0.4) is 0 Å². The Morgan fingerprint density at radius 2 is 1.58 bits per heavy atom. The lowest BCUT2D eigenvalue weighted by molar-refractivity contribution is -0.138. The van der Waals surface area contributed by atoms with Gasteiger partial charge in [0, 0.05) is 31.9 Å². The Morgan fingerprint density at radius 1 is 0.944 bits per heavy atom. The molecule has 0 radical (unpaired) electrons. The molecule has 36 heavy (non-hydrogen) atoms. The van der Waals surface area contributed by atoms with Gasteiger partial charge in [0.2, 0.25) is 0 Å². The monoisotopic (exact) mass is 513 g/mol. The van der Waals surface area contributed by atoms with Crippen molar-refractivity contribution in [1.29, 1.82) is 0 Å². The van der Waals surface area contributed by atoms with Crippen LogP contribution in [0.15, 0.2) is 60.7 Å². The van der Waals surface area contributed by atoms with Crippen molar-refractivity contribution in [3.63, 3.8) is 0 Å². The van der Waals surface area contributed by atoms with E-state index in [4.69, 9.17) is 14.6 Å². The highest BCUT2D eigenvalue weighted by molar-refractivity contribution is 7.87.